The van der Waals surface area contributed by atoms with Crippen LogP contribution >= 0.6 is 22.6 Å². The van der Waals surface area contributed by atoms with Gasteiger partial charge in [0, 0.05) is 11.3 Å². The van der Waals surface area contributed by atoms with Gasteiger partial charge in [0.1, 0.15) is 5.75 Å². The molecular formula is C25H24IN3O5. The van der Waals surface area contributed by atoms with Crippen molar-refractivity contribution >= 4 is 46.3 Å². The topological polar surface area (TPSA) is 98.3 Å². The van der Waals surface area contributed by atoms with Crippen molar-refractivity contribution in [3.05, 3.63) is 80.9 Å². The zero-order chi connectivity index (χ0) is 24.5. The van der Waals surface area contributed by atoms with E-state index in [0.717, 1.165) is 9.13 Å². The number of nitrogens with zero attached hydrogens (tertiary/aromatic N) is 1. The Hall–Kier alpha value is -3.60. The van der Waals surface area contributed by atoms with E-state index < -0.39 is 0 Å². The van der Waals surface area contributed by atoms with E-state index in [1.807, 2.05) is 31.2 Å². The van der Waals surface area contributed by atoms with E-state index in [-0.39, 0.29) is 18.4 Å². The minimum Gasteiger partial charge on any atom is -0.497 e. The molecule has 0 saturated heterocycles. The fourth-order valence-corrected chi connectivity index (χ4v) is 3.70. The number of methoxy groups -OCH3 is 2. The van der Waals surface area contributed by atoms with Crippen molar-refractivity contribution in [1.29, 1.82) is 0 Å². The van der Waals surface area contributed by atoms with Gasteiger partial charge in [-0.15, -0.1) is 0 Å². The standard InChI is InChI=1S/C25H24IN3O5/c1-16-7-9-19(10-8-16)28-23(30)15-34-24-21(26)11-17(12-22(24)33-3)14-27-29-25(31)18-5-4-6-20(13-18)32-2/h4-14H,15H2,1-3H3,(H,28,30)(H,29,31)/b27-14+. The van der Waals surface area contributed by atoms with Crippen molar-refractivity contribution in [3.63, 3.8) is 0 Å². The van der Waals surface area contributed by atoms with E-state index in [0.29, 0.717) is 34.1 Å². The molecule has 0 radical (unpaired) electrons. The van der Waals surface area contributed by atoms with Gasteiger partial charge < -0.3 is 19.5 Å². The normalized spacial score (nSPS) is 10.6. The molecule has 0 bridgehead atoms. The molecule has 8 nitrogen and oxygen atoms in total. The molecule has 0 aromatic heterocycles. The van der Waals surface area contributed by atoms with Gasteiger partial charge in [0.2, 0.25) is 0 Å². The minimum atomic E-state index is -0.364. The van der Waals surface area contributed by atoms with Crippen LogP contribution in [0.3, 0.4) is 0 Å². The van der Waals surface area contributed by atoms with Crippen LogP contribution in [-0.4, -0.2) is 38.9 Å². The number of halogens is 1. The highest BCUT2D eigenvalue weighted by Crippen LogP contribution is 2.33. The second kappa shape index (κ2) is 12.0. The highest BCUT2D eigenvalue weighted by molar-refractivity contribution is 14.1. The summed E-state index contributed by atoms with van der Waals surface area (Å²) < 4.78 is 17.0. The van der Waals surface area contributed by atoms with Gasteiger partial charge in [-0.1, -0.05) is 23.8 Å². The smallest absolute Gasteiger partial charge is 0.271 e. The molecule has 0 spiro atoms. The number of ether oxygens (including phenoxy) is 3. The van der Waals surface area contributed by atoms with E-state index in [9.17, 15) is 9.59 Å². The molecule has 0 fully saturated rings. The maximum absolute atomic E-state index is 12.3. The number of rotatable bonds is 9. The summed E-state index contributed by atoms with van der Waals surface area (Å²) in [6, 6.07) is 17.8. The van der Waals surface area contributed by atoms with Crippen LogP contribution in [0.25, 0.3) is 0 Å². The van der Waals surface area contributed by atoms with Crippen LogP contribution < -0.4 is 25.0 Å². The molecule has 3 rings (SSSR count). The Labute approximate surface area is 211 Å². The van der Waals surface area contributed by atoms with Gasteiger partial charge in [0.25, 0.3) is 11.8 Å². The summed E-state index contributed by atoms with van der Waals surface area (Å²) in [5.74, 6) is 0.818. The number of amides is 2. The summed E-state index contributed by atoms with van der Waals surface area (Å²) in [6.45, 7) is 1.80. The second-order valence-electron chi connectivity index (χ2n) is 7.17. The molecule has 0 saturated carbocycles. The first-order valence-corrected chi connectivity index (χ1v) is 11.3. The molecule has 176 valence electrons. The summed E-state index contributed by atoms with van der Waals surface area (Å²) in [4.78, 5) is 24.5. The second-order valence-corrected chi connectivity index (χ2v) is 8.33. The van der Waals surface area contributed by atoms with E-state index in [1.54, 1.807) is 36.4 Å². The Morgan fingerprint density at radius 2 is 1.79 bits per heavy atom. The number of hydrazone groups is 1. The molecule has 2 amide bonds. The van der Waals surface area contributed by atoms with Crippen LogP contribution in [-0.2, 0) is 4.79 Å². The average Bonchev–Trinajstić information content (AvgIpc) is 2.84. The number of carbonyl (C=O) groups excluding carboxylic acids is 2. The van der Waals surface area contributed by atoms with Gasteiger partial charge in [-0.05, 0) is 77.5 Å². The zero-order valence-electron chi connectivity index (χ0n) is 18.9. The molecule has 2 N–H and O–H groups in total. The highest BCUT2D eigenvalue weighted by atomic mass is 127. The SMILES string of the molecule is COc1cccc(C(=O)N/N=C/c2cc(I)c(OCC(=O)Nc3ccc(C)cc3)c(OC)c2)c1. The Bertz CT molecular complexity index is 1200. The average molecular weight is 573 g/mol. The Morgan fingerprint density at radius 3 is 2.50 bits per heavy atom. The lowest BCUT2D eigenvalue weighted by molar-refractivity contribution is -0.118. The van der Waals surface area contributed by atoms with Gasteiger partial charge in [-0.2, -0.15) is 5.10 Å². The van der Waals surface area contributed by atoms with Crippen LogP contribution in [0.5, 0.6) is 17.2 Å². The van der Waals surface area contributed by atoms with E-state index in [2.05, 4.69) is 38.4 Å². The minimum absolute atomic E-state index is 0.176. The summed E-state index contributed by atoms with van der Waals surface area (Å²) in [7, 11) is 3.05. The third-order valence-corrected chi connectivity index (χ3v) is 5.45. The maximum atomic E-state index is 12.3. The molecule has 34 heavy (non-hydrogen) atoms. The maximum Gasteiger partial charge on any atom is 0.271 e. The summed E-state index contributed by atoms with van der Waals surface area (Å²) >= 11 is 2.09. The monoisotopic (exact) mass is 573 g/mol. The third-order valence-electron chi connectivity index (χ3n) is 4.65. The van der Waals surface area contributed by atoms with Crippen molar-refractivity contribution < 1.29 is 23.8 Å². The van der Waals surface area contributed by atoms with Crippen LogP contribution in [0.1, 0.15) is 21.5 Å². The predicted octanol–water partition coefficient (Wildman–Crippen LogP) is 4.40. The van der Waals surface area contributed by atoms with Crippen molar-refractivity contribution in [1.82, 2.24) is 5.43 Å². The number of carbonyl (C=O) groups is 2. The van der Waals surface area contributed by atoms with Crippen LogP contribution in [0.15, 0.2) is 65.8 Å². The Balaban J connectivity index is 1.62. The largest absolute Gasteiger partial charge is 0.497 e. The van der Waals surface area contributed by atoms with Gasteiger partial charge in [0.05, 0.1) is 24.0 Å². The van der Waals surface area contributed by atoms with Crippen LogP contribution in [0.4, 0.5) is 5.69 Å². The van der Waals surface area contributed by atoms with Crippen molar-refractivity contribution in [2.45, 2.75) is 6.92 Å². The van der Waals surface area contributed by atoms with Crippen molar-refractivity contribution in [3.8, 4) is 17.2 Å². The number of hydrogen-bond donors (Lipinski definition) is 2. The molecule has 0 unspecified atom stereocenters. The number of benzene rings is 3. The van der Waals surface area contributed by atoms with Gasteiger partial charge >= 0.3 is 0 Å². The van der Waals surface area contributed by atoms with Crippen molar-refractivity contribution in [2.24, 2.45) is 5.10 Å². The van der Waals surface area contributed by atoms with Crippen LogP contribution in [0.2, 0.25) is 0 Å². The van der Waals surface area contributed by atoms with Gasteiger partial charge in [-0.3, -0.25) is 9.59 Å². The molecule has 0 aliphatic rings. The number of hydrogen-bond acceptors (Lipinski definition) is 6. The molecule has 3 aromatic carbocycles. The fourth-order valence-electron chi connectivity index (χ4n) is 2.92. The van der Waals surface area contributed by atoms with Gasteiger partial charge in [0.15, 0.2) is 18.1 Å². The fraction of sp³-hybridized carbons (Fsp3) is 0.160. The Morgan fingerprint density at radius 1 is 1.03 bits per heavy atom. The number of aryl methyl sites for hydroxylation is 1. The lowest BCUT2D eigenvalue weighted by Crippen LogP contribution is -2.20. The van der Waals surface area contributed by atoms with Crippen molar-refractivity contribution in [2.75, 3.05) is 26.1 Å². The van der Waals surface area contributed by atoms with E-state index >= 15 is 0 Å². The molecule has 0 heterocycles. The first-order valence-electron chi connectivity index (χ1n) is 10.2. The number of nitrogens with one attached hydrogen (secondary N) is 2. The molecule has 0 aliphatic carbocycles. The highest BCUT2D eigenvalue weighted by Gasteiger charge is 2.14. The molecular weight excluding hydrogens is 549 g/mol. The summed E-state index contributed by atoms with van der Waals surface area (Å²) in [5, 5.41) is 6.81. The summed E-state index contributed by atoms with van der Waals surface area (Å²) in [5.41, 5.74) is 5.40. The molecule has 0 aliphatic heterocycles. The number of anilines is 1. The first-order chi connectivity index (χ1) is 16.4. The van der Waals surface area contributed by atoms with E-state index in [4.69, 9.17) is 14.2 Å². The molecule has 0 atom stereocenters. The predicted molar refractivity (Wildman–Crippen MR) is 139 cm³/mol. The third kappa shape index (κ3) is 6.95. The summed E-state index contributed by atoms with van der Waals surface area (Å²) in [6.07, 6.45) is 1.50. The van der Waals surface area contributed by atoms with E-state index in [1.165, 1.54) is 20.4 Å². The lowest BCUT2D eigenvalue weighted by atomic mass is 10.2. The Kier molecular flexibility index (Phi) is 8.86. The molecule has 3 aromatic rings. The molecule has 9 heteroatoms. The van der Waals surface area contributed by atoms with Crippen LogP contribution in [0, 0.1) is 10.5 Å². The quantitative estimate of drug-likeness (QED) is 0.225. The first kappa shape index (κ1) is 25.0. The lowest BCUT2D eigenvalue weighted by Gasteiger charge is -2.13. The zero-order valence-corrected chi connectivity index (χ0v) is 21.1. The van der Waals surface area contributed by atoms with Gasteiger partial charge in [-0.25, -0.2) is 5.43 Å².